The van der Waals surface area contributed by atoms with Crippen LogP contribution in [-0.4, -0.2) is 21.2 Å². The second kappa shape index (κ2) is 4.80. The molecule has 0 aliphatic rings. The molecule has 3 nitrogen and oxygen atoms in total. The van der Waals surface area contributed by atoms with Crippen LogP contribution in [0.25, 0.3) is 0 Å². The highest BCUT2D eigenvalue weighted by Crippen LogP contribution is 2.12. The summed E-state index contributed by atoms with van der Waals surface area (Å²) in [6.07, 6.45) is 4.91. The second-order valence-corrected chi connectivity index (χ2v) is 4.19. The van der Waals surface area contributed by atoms with Crippen LogP contribution in [0.2, 0.25) is 0 Å². The summed E-state index contributed by atoms with van der Waals surface area (Å²) in [7, 11) is 1.92. The van der Waals surface area contributed by atoms with E-state index in [1.54, 1.807) is 4.68 Å². The molecule has 0 radical (unpaired) electrons. The average molecular weight is 216 g/mol. The summed E-state index contributed by atoms with van der Waals surface area (Å²) in [4.78, 5) is 0. The number of nitrogens with zero attached hydrogens (tertiary/aromatic N) is 2. The largest absolute Gasteiger partial charge is 0.306 e. The summed E-state index contributed by atoms with van der Waals surface area (Å²) >= 11 is 5.90. The van der Waals surface area contributed by atoms with Crippen LogP contribution in [0, 0.1) is 0 Å². The maximum atomic E-state index is 5.90. The number of alkyl halides is 1. The fraction of sp³-hybridized carbons (Fsp3) is 0.700. The van der Waals surface area contributed by atoms with Gasteiger partial charge in [-0.1, -0.05) is 6.92 Å². The highest BCUT2D eigenvalue weighted by Gasteiger charge is 2.19. The molecule has 1 unspecified atom stereocenters. The van der Waals surface area contributed by atoms with Gasteiger partial charge in [-0.15, -0.1) is 11.6 Å². The predicted octanol–water partition coefficient (Wildman–Crippen LogP) is 1.92. The minimum atomic E-state index is 0.0252. The maximum Gasteiger partial charge on any atom is 0.0534 e. The molecule has 1 aromatic heterocycles. The van der Waals surface area contributed by atoms with E-state index in [0.717, 1.165) is 13.0 Å². The zero-order chi connectivity index (χ0) is 10.6. The van der Waals surface area contributed by atoms with Gasteiger partial charge in [-0.2, -0.15) is 5.10 Å². The van der Waals surface area contributed by atoms with Gasteiger partial charge in [0, 0.05) is 36.8 Å². The maximum absolute atomic E-state index is 5.90. The first-order valence-electron chi connectivity index (χ1n) is 4.88. The van der Waals surface area contributed by atoms with E-state index >= 15 is 0 Å². The summed E-state index contributed by atoms with van der Waals surface area (Å²) < 4.78 is 1.81. The van der Waals surface area contributed by atoms with Gasteiger partial charge >= 0.3 is 0 Å². The molecule has 1 rings (SSSR count). The summed E-state index contributed by atoms with van der Waals surface area (Å²) in [6, 6.07) is 0. The minimum absolute atomic E-state index is 0.0252. The molecule has 0 amide bonds. The normalized spacial score (nSPS) is 15.4. The van der Waals surface area contributed by atoms with Crippen LogP contribution >= 0.6 is 11.6 Å². The highest BCUT2D eigenvalue weighted by atomic mass is 35.5. The quantitative estimate of drug-likeness (QED) is 0.761. The van der Waals surface area contributed by atoms with Gasteiger partial charge < -0.3 is 5.32 Å². The molecule has 0 saturated heterocycles. The first-order valence-corrected chi connectivity index (χ1v) is 5.41. The van der Waals surface area contributed by atoms with Crippen LogP contribution in [0.3, 0.4) is 0 Å². The van der Waals surface area contributed by atoms with E-state index in [1.165, 1.54) is 5.56 Å². The molecule has 1 atom stereocenters. The van der Waals surface area contributed by atoms with E-state index in [2.05, 4.69) is 24.3 Å². The Morgan fingerprint density at radius 3 is 2.79 bits per heavy atom. The monoisotopic (exact) mass is 215 g/mol. The van der Waals surface area contributed by atoms with Crippen molar-refractivity contribution in [2.75, 3.05) is 5.88 Å². The minimum Gasteiger partial charge on any atom is -0.306 e. The average Bonchev–Trinajstić information content (AvgIpc) is 2.61. The third-order valence-corrected chi connectivity index (χ3v) is 3.14. The Morgan fingerprint density at radius 1 is 1.64 bits per heavy atom. The first-order chi connectivity index (χ1) is 6.59. The van der Waals surface area contributed by atoms with Crippen LogP contribution in [0.4, 0.5) is 0 Å². The van der Waals surface area contributed by atoms with Crippen LogP contribution in [0.5, 0.6) is 0 Å². The molecule has 0 aliphatic heterocycles. The van der Waals surface area contributed by atoms with E-state index in [1.807, 2.05) is 19.4 Å². The molecule has 0 spiro atoms. The molecule has 0 saturated carbocycles. The number of hydrogen-bond acceptors (Lipinski definition) is 2. The fourth-order valence-corrected chi connectivity index (χ4v) is 1.43. The van der Waals surface area contributed by atoms with Gasteiger partial charge in [-0.25, -0.2) is 0 Å². The van der Waals surface area contributed by atoms with Crippen molar-refractivity contribution in [1.29, 1.82) is 0 Å². The molecular formula is C10H18ClN3. The number of aryl methyl sites for hydroxylation is 1. The molecule has 0 aliphatic carbocycles. The molecule has 0 bridgehead atoms. The number of rotatable bonds is 5. The third kappa shape index (κ3) is 3.00. The van der Waals surface area contributed by atoms with E-state index < -0.39 is 0 Å². The van der Waals surface area contributed by atoms with Gasteiger partial charge in [-0.3, -0.25) is 4.68 Å². The molecular weight excluding hydrogens is 198 g/mol. The lowest BCUT2D eigenvalue weighted by Crippen LogP contribution is -2.42. The molecule has 1 aromatic rings. The smallest absolute Gasteiger partial charge is 0.0534 e. The SMILES string of the molecule is CCC(C)(CCl)NCc1cnn(C)c1. The number of halogens is 1. The third-order valence-electron chi connectivity index (χ3n) is 2.55. The van der Waals surface area contributed by atoms with Crippen LogP contribution in [0.1, 0.15) is 25.8 Å². The molecule has 14 heavy (non-hydrogen) atoms. The molecule has 4 heteroatoms. The Bertz CT molecular complexity index is 279. The number of nitrogens with one attached hydrogen (secondary N) is 1. The first kappa shape index (κ1) is 11.5. The van der Waals surface area contributed by atoms with E-state index in [4.69, 9.17) is 11.6 Å². The van der Waals surface area contributed by atoms with Gasteiger partial charge in [0.15, 0.2) is 0 Å². The lowest BCUT2D eigenvalue weighted by Gasteiger charge is -2.26. The standard InChI is InChI=1S/C10H18ClN3/c1-4-10(2,8-11)12-5-9-6-13-14(3)7-9/h6-7,12H,4-5,8H2,1-3H3. The van der Waals surface area contributed by atoms with Gasteiger partial charge in [0.2, 0.25) is 0 Å². The highest BCUT2D eigenvalue weighted by molar-refractivity contribution is 6.18. The van der Waals surface area contributed by atoms with E-state index in [-0.39, 0.29) is 5.54 Å². The fourth-order valence-electron chi connectivity index (χ4n) is 1.15. The Balaban J connectivity index is 2.47. The molecule has 1 heterocycles. The summed E-state index contributed by atoms with van der Waals surface area (Å²) in [5.74, 6) is 0.629. The predicted molar refractivity (Wildman–Crippen MR) is 59.5 cm³/mol. The number of aromatic nitrogens is 2. The van der Waals surface area contributed by atoms with Gasteiger partial charge in [0.1, 0.15) is 0 Å². The van der Waals surface area contributed by atoms with Crippen molar-refractivity contribution in [2.45, 2.75) is 32.4 Å². The van der Waals surface area contributed by atoms with E-state index in [9.17, 15) is 0 Å². The summed E-state index contributed by atoms with van der Waals surface area (Å²) in [5.41, 5.74) is 1.22. The van der Waals surface area contributed by atoms with Crippen molar-refractivity contribution in [3.63, 3.8) is 0 Å². The van der Waals surface area contributed by atoms with Crippen molar-refractivity contribution in [3.05, 3.63) is 18.0 Å². The topological polar surface area (TPSA) is 29.9 Å². The second-order valence-electron chi connectivity index (χ2n) is 3.92. The molecule has 80 valence electrons. The number of hydrogen-bond donors (Lipinski definition) is 1. The van der Waals surface area contributed by atoms with Gasteiger partial charge in [0.25, 0.3) is 0 Å². The van der Waals surface area contributed by atoms with Gasteiger partial charge in [0.05, 0.1) is 6.20 Å². The lowest BCUT2D eigenvalue weighted by atomic mass is 10.0. The summed E-state index contributed by atoms with van der Waals surface area (Å²) in [5, 5.41) is 7.55. The molecule has 0 aromatic carbocycles. The molecule has 0 fully saturated rings. The summed E-state index contributed by atoms with van der Waals surface area (Å²) in [6.45, 7) is 5.10. The Kier molecular flexibility index (Phi) is 3.96. The van der Waals surface area contributed by atoms with E-state index in [0.29, 0.717) is 5.88 Å². The van der Waals surface area contributed by atoms with Gasteiger partial charge in [-0.05, 0) is 13.3 Å². The molecule has 1 N–H and O–H groups in total. The van der Waals surface area contributed by atoms with Crippen molar-refractivity contribution < 1.29 is 0 Å². The Labute approximate surface area is 90.4 Å². The van der Waals surface area contributed by atoms with Crippen molar-refractivity contribution >= 4 is 11.6 Å². The Morgan fingerprint density at radius 2 is 2.36 bits per heavy atom. The van der Waals surface area contributed by atoms with Crippen molar-refractivity contribution in [1.82, 2.24) is 15.1 Å². The lowest BCUT2D eigenvalue weighted by molar-refractivity contribution is 0.379. The van der Waals surface area contributed by atoms with Crippen LogP contribution < -0.4 is 5.32 Å². The van der Waals surface area contributed by atoms with Crippen molar-refractivity contribution in [2.24, 2.45) is 7.05 Å². The zero-order valence-electron chi connectivity index (χ0n) is 9.05. The zero-order valence-corrected chi connectivity index (χ0v) is 9.80. The van der Waals surface area contributed by atoms with Crippen molar-refractivity contribution in [3.8, 4) is 0 Å². The Hall–Kier alpha value is -0.540. The van der Waals surface area contributed by atoms with Crippen LogP contribution in [-0.2, 0) is 13.6 Å². The van der Waals surface area contributed by atoms with Crippen LogP contribution in [0.15, 0.2) is 12.4 Å².